The molecule has 0 saturated carbocycles. The molecule has 19 heavy (non-hydrogen) atoms. The maximum Gasteiger partial charge on any atom is 0.149 e. The van der Waals surface area contributed by atoms with Crippen LogP contribution in [0.4, 0.5) is 24.5 Å². The highest BCUT2D eigenvalue weighted by atomic mass is 32.1. The van der Waals surface area contributed by atoms with E-state index in [9.17, 15) is 13.2 Å². The first-order chi connectivity index (χ1) is 8.97. The van der Waals surface area contributed by atoms with Gasteiger partial charge in [0, 0.05) is 17.3 Å². The normalized spacial score (nSPS) is 10.3. The van der Waals surface area contributed by atoms with Crippen LogP contribution in [0.1, 0.15) is 5.56 Å². The second-order valence-corrected chi connectivity index (χ2v) is 4.24. The zero-order valence-corrected chi connectivity index (χ0v) is 10.4. The summed E-state index contributed by atoms with van der Waals surface area (Å²) in [6.07, 6.45) is 0. The number of rotatable bonds is 3. The van der Waals surface area contributed by atoms with Gasteiger partial charge in [-0.25, -0.2) is 13.2 Å². The molecule has 0 fully saturated rings. The van der Waals surface area contributed by atoms with Gasteiger partial charge in [-0.1, -0.05) is 12.2 Å². The number of nitrogens with two attached hydrogens (primary N) is 1. The van der Waals surface area contributed by atoms with Crippen molar-refractivity contribution in [3.05, 3.63) is 59.4 Å². The number of nitrogens with one attached hydrogen (secondary N) is 1. The van der Waals surface area contributed by atoms with E-state index in [4.69, 9.17) is 18.0 Å². The van der Waals surface area contributed by atoms with E-state index in [-0.39, 0.29) is 16.2 Å². The first kappa shape index (κ1) is 13.4. The molecule has 2 aromatic rings. The first-order valence-electron chi connectivity index (χ1n) is 5.29. The number of anilines is 2. The van der Waals surface area contributed by atoms with Crippen molar-refractivity contribution in [2.75, 3.05) is 5.32 Å². The minimum absolute atomic E-state index is 0.0236. The fraction of sp³-hybridized carbons (Fsp3) is 0. The van der Waals surface area contributed by atoms with Gasteiger partial charge < -0.3 is 11.1 Å². The van der Waals surface area contributed by atoms with Gasteiger partial charge in [-0.15, -0.1) is 0 Å². The van der Waals surface area contributed by atoms with Crippen LogP contribution in [0, 0.1) is 17.5 Å². The topological polar surface area (TPSA) is 38.0 Å². The molecule has 0 amide bonds. The van der Waals surface area contributed by atoms with E-state index in [1.54, 1.807) is 0 Å². The Morgan fingerprint density at radius 2 is 1.53 bits per heavy atom. The highest BCUT2D eigenvalue weighted by molar-refractivity contribution is 7.80. The van der Waals surface area contributed by atoms with Gasteiger partial charge in [-0.2, -0.15) is 0 Å². The van der Waals surface area contributed by atoms with Crippen LogP contribution in [0.25, 0.3) is 0 Å². The van der Waals surface area contributed by atoms with Gasteiger partial charge in [0.1, 0.15) is 22.4 Å². The van der Waals surface area contributed by atoms with Crippen LogP contribution < -0.4 is 11.1 Å². The van der Waals surface area contributed by atoms with Crippen molar-refractivity contribution < 1.29 is 13.2 Å². The SMILES string of the molecule is NC(=S)c1cc(F)ccc1Nc1ccc(F)cc1F. The Morgan fingerprint density at radius 1 is 0.947 bits per heavy atom. The summed E-state index contributed by atoms with van der Waals surface area (Å²) in [4.78, 5) is -0.0236. The van der Waals surface area contributed by atoms with Gasteiger partial charge in [-0.3, -0.25) is 0 Å². The predicted octanol–water partition coefficient (Wildman–Crippen LogP) is 3.48. The third-order valence-electron chi connectivity index (χ3n) is 2.45. The zero-order chi connectivity index (χ0) is 14.0. The molecule has 0 bridgehead atoms. The number of thiocarbonyl (C=S) groups is 1. The summed E-state index contributed by atoms with van der Waals surface area (Å²) in [6.45, 7) is 0. The number of hydrogen-bond acceptors (Lipinski definition) is 2. The summed E-state index contributed by atoms with van der Waals surface area (Å²) in [6, 6.07) is 6.79. The maximum atomic E-state index is 13.5. The van der Waals surface area contributed by atoms with Gasteiger partial charge in [0.05, 0.1) is 5.69 Å². The van der Waals surface area contributed by atoms with Gasteiger partial charge >= 0.3 is 0 Å². The van der Waals surface area contributed by atoms with E-state index >= 15 is 0 Å². The number of halogens is 3. The van der Waals surface area contributed by atoms with E-state index in [2.05, 4.69) is 5.32 Å². The highest BCUT2D eigenvalue weighted by Crippen LogP contribution is 2.24. The van der Waals surface area contributed by atoms with Crippen LogP contribution in [0.15, 0.2) is 36.4 Å². The van der Waals surface area contributed by atoms with Crippen molar-refractivity contribution in [1.29, 1.82) is 0 Å². The molecular weight excluding hydrogens is 273 g/mol. The van der Waals surface area contributed by atoms with Crippen molar-refractivity contribution in [3.8, 4) is 0 Å². The first-order valence-corrected chi connectivity index (χ1v) is 5.69. The Labute approximate surface area is 113 Å². The summed E-state index contributed by atoms with van der Waals surface area (Å²) < 4.78 is 39.4. The molecule has 0 saturated heterocycles. The lowest BCUT2D eigenvalue weighted by molar-refractivity contribution is 0.586. The number of hydrogen-bond donors (Lipinski definition) is 2. The van der Waals surface area contributed by atoms with Crippen LogP contribution >= 0.6 is 12.2 Å². The molecule has 2 rings (SSSR count). The van der Waals surface area contributed by atoms with Crippen molar-refractivity contribution in [1.82, 2.24) is 0 Å². The monoisotopic (exact) mass is 282 g/mol. The van der Waals surface area contributed by atoms with Crippen molar-refractivity contribution >= 4 is 28.6 Å². The van der Waals surface area contributed by atoms with Crippen LogP contribution in [0.5, 0.6) is 0 Å². The molecule has 3 N–H and O–H groups in total. The minimum atomic E-state index is -0.766. The molecule has 0 atom stereocenters. The lowest BCUT2D eigenvalue weighted by Gasteiger charge is -2.12. The average Bonchev–Trinajstić information content (AvgIpc) is 2.34. The minimum Gasteiger partial charge on any atom is -0.389 e. The van der Waals surface area contributed by atoms with Gasteiger partial charge in [0.15, 0.2) is 0 Å². The number of benzene rings is 2. The predicted molar refractivity (Wildman–Crippen MR) is 71.9 cm³/mol. The van der Waals surface area contributed by atoms with Crippen molar-refractivity contribution in [3.63, 3.8) is 0 Å². The smallest absolute Gasteiger partial charge is 0.149 e. The molecule has 0 unspecified atom stereocenters. The standard InChI is InChI=1S/C13H9F3N2S/c14-7-1-3-11(9(5-7)13(17)19)18-12-4-2-8(15)6-10(12)16/h1-6,18H,(H2,17,19). The zero-order valence-electron chi connectivity index (χ0n) is 9.58. The molecular formula is C13H9F3N2S. The van der Waals surface area contributed by atoms with Crippen LogP contribution in [0.3, 0.4) is 0 Å². The Bertz CT molecular complexity index is 644. The Balaban J connectivity index is 2.40. The lowest BCUT2D eigenvalue weighted by Crippen LogP contribution is -2.12. The summed E-state index contributed by atoms with van der Waals surface area (Å²) in [7, 11) is 0. The molecule has 0 aromatic heterocycles. The van der Waals surface area contributed by atoms with Crippen LogP contribution in [0.2, 0.25) is 0 Å². The molecule has 98 valence electrons. The van der Waals surface area contributed by atoms with E-state index in [0.717, 1.165) is 18.2 Å². The average molecular weight is 282 g/mol. The fourth-order valence-electron chi connectivity index (χ4n) is 1.57. The van der Waals surface area contributed by atoms with E-state index in [0.29, 0.717) is 5.69 Å². The molecule has 2 nitrogen and oxygen atoms in total. The molecule has 0 heterocycles. The van der Waals surface area contributed by atoms with E-state index in [1.165, 1.54) is 18.2 Å². The van der Waals surface area contributed by atoms with Crippen LogP contribution in [-0.2, 0) is 0 Å². The molecule has 2 aromatic carbocycles. The lowest BCUT2D eigenvalue weighted by atomic mass is 10.1. The van der Waals surface area contributed by atoms with Crippen molar-refractivity contribution in [2.45, 2.75) is 0 Å². The van der Waals surface area contributed by atoms with Crippen molar-refractivity contribution in [2.24, 2.45) is 5.73 Å². The highest BCUT2D eigenvalue weighted by Gasteiger charge is 2.10. The van der Waals surface area contributed by atoms with E-state index in [1.807, 2.05) is 0 Å². The molecule has 0 aliphatic heterocycles. The molecule has 0 radical (unpaired) electrons. The summed E-state index contributed by atoms with van der Waals surface area (Å²) in [5.41, 5.74) is 6.11. The molecule has 0 aliphatic carbocycles. The maximum absolute atomic E-state index is 13.5. The second kappa shape index (κ2) is 5.27. The fourth-order valence-corrected chi connectivity index (χ4v) is 1.73. The third kappa shape index (κ3) is 3.03. The Hall–Kier alpha value is -2.08. The quantitative estimate of drug-likeness (QED) is 0.846. The summed E-state index contributed by atoms with van der Waals surface area (Å²) in [5, 5.41) is 2.70. The molecule has 6 heteroatoms. The van der Waals surface area contributed by atoms with E-state index < -0.39 is 17.5 Å². The Morgan fingerprint density at radius 3 is 2.11 bits per heavy atom. The molecule has 0 aliphatic rings. The summed E-state index contributed by atoms with van der Waals surface area (Å²) in [5.74, 6) is -1.96. The van der Waals surface area contributed by atoms with Gasteiger partial charge in [-0.05, 0) is 30.3 Å². The van der Waals surface area contributed by atoms with Gasteiger partial charge in [0.25, 0.3) is 0 Å². The second-order valence-electron chi connectivity index (χ2n) is 3.80. The third-order valence-corrected chi connectivity index (χ3v) is 2.67. The van der Waals surface area contributed by atoms with Gasteiger partial charge in [0.2, 0.25) is 0 Å². The molecule has 0 spiro atoms. The largest absolute Gasteiger partial charge is 0.389 e. The summed E-state index contributed by atoms with van der Waals surface area (Å²) >= 11 is 4.80. The van der Waals surface area contributed by atoms with Crippen LogP contribution in [-0.4, -0.2) is 4.99 Å². The Kier molecular flexibility index (Phi) is 3.71.